The van der Waals surface area contributed by atoms with Gasteiger partial charge in [-0.05, 0) is 36.1 Å². The molecule has 110 valence electrons. The summed E-state index contributed by atoms with van der Waals surface area (Å²) in [6, 6.07) is 11.8. The van der Waals surface area contributed by atoms with Crippen molar-refractivity contribution in [2.45, 2.75) is 11.4 Å². The molecule has 0 spiro atoms. The molecule has 1 heterocycles. The summed E-state index contributed by atoms with van der Waals surface area (Å²) in [4.78, 5) is 17.6. The SMILES string of the molecule is CSc1ncccc1Nc1ccc(CC(=O)N(C)C)cc1. The van der Waals surface area contributed by atoms with Crippen molar-refractivity contribution in [3.63, 3.8) is 0 Å². The van der Waals surface area contributed by atoms with E-state index in [1.54, 1.807) is 37.0 Å². The Bertz CT molecular complexity index is 611. The number of nitrogens with one attached hydrogen (secondary N) is 1. The lowest BCUT2D eigenvalue weighted by Crippen LogP contribution is -2.23. The normalized spacial score (nSPS) is 10.2. The topological polar surface area (TPSA) is 45.2 Å². The number of amides is 1. The number of aromatic nitrogens is 1. The van der Waals surface area contributed by atoms with Gasteiger partial charge in [-0.25, -0.2) is 4.98 Å². The van der Waals surface area contributed by atoms with Crippen molar-refractivity contribution in [2.24, 2.45) is 0 Å². The van der Waals surface area contributed by atoms with Gasteiger partial charge in [-0.2, -0.15) is 0 Å². The zero-order valence-corrected chi connectivity index (χ0v) is 13.3. The molecule has 5 heteroatoms. The third kappa shape index (κ3) is 4.23. The molecule has 0 aliphatic carbocycles. The van der Waals surface area contributed by atoms with Crippen LogP contribution in [0.5, 0.6) is 0 Å². The Morgan fingerprint density at radius 2 is 1.95 bits per heavy atom. The Balaban J connectivity index is 2.07. The van der Waals surface area contributed by atoms with Crippen molar-refractivity contribution in [3.05, 3.63) is 48.2 Å². The second-order valence-corrected chi connectivity index (χ2v) is 5.64. The molecule has 2 aromatic rings. The van der Waals surface area contributed by atoms with Crippen molar-refractivity contribution in [3.8, 4) is 0 Å². The average molecular weight is 301 g/mol. The fraction of sp³-hybridized carbons (Fsp3) is 0.250. The standard InChI is InChI=1S/C16H19N3OS/c1-19(2)15(20)11-12-6-8-13(9-7-12)18-14-5-4-10-17-16(14)21-3/h4-10,18H,11H2,1-3H3. The number of hydrogen-bond acceptors (Lipinski definition) is 4. The Kier molecular flexibility index (Phi) is 5.22. The summed E-state index contributed by atoms with van der Waals surface area (Å²) in [7, 11) is 3.54. The van der Waals surface area contributed by atoms with Crippen LogP contribution >= 0.6 is 11.8 Å². The van der Waals surface area contributed by atoms with Crippen molar-refractivity contribution in [1.82, 2.24) is 9.88 Å². The predicted molar refractivity (Wildman–Crippen MR) is 88.1 cm³/mol. The summed E-state index contributed by atoms with van der Waals surface area (Å²) >= 11 is 1.61. The highest BCUT2D eigenvalue weighted by atomic mass is 32.2. The highest BCUT2D eigenvalue weighted by molar-refractivity contribution is 7.98. The molecular formula is C16H19N3OS. The first kappa shape index (κ1) is 15.4. The maximum absolute atomic E-state index is 11.7. The highest BCUT2D eigenvalue weighted by Crippen LogP contribution is 2.25. The van der Waals surface area contributed by atoms with Crippen LogP contribution in [0.1, 0.15) is 5.56 Å². The van der Waals surface area contributed by atoms with Crippen molar-refractivity contribution in [1.29, 1.82) is 0 Å². The average Bonchev–Trinajstić information content (AvgIpc) is 2.49. The summed E-state index contributed by atoms with van der Waals surface area (Å²) in [5.74, 6) is 0.104. The van der Waals surface area contributed by atoms with Gasteiger partial charge < -0.3 is 10.2 Å². The molecule has 0 saturated heterocycles. The van der Waals surface area contributed by atoms with E-state index < -0.39 is 0 Å². The second-order valence-electron chi connectivity index (χ2n) is 4.85. The second kappa shape index (κ2) is 7.13. The first-order valence-corrected chi connectivity index (χ1v) is 7.87. The van der Waals surface area contributed by atoms with Gasteiger partial charge in [-0.15, -0.1) is 11.8 Å². The smallest absolute Gasteiger partial charge is 0.226 e. The van der Waals surface area contributed by atoms with Crippen LogP contribution in [0.25, 0.3) is 0 Å². The lowest BCUT2D eigenvalue weighted by Gasteiger charge is -2.12. The van der Waals surface area contributed by atoms with Crippen LogP contribution < -0.4 is 5.32 Å². The molecule has 0 unspecified atom stereocenters. The van der Waals surface area contributed by atoms with Gasteiger partial charge in [-0.1, -0.05) is 12.1 Å². The third-order valence-electron chi connectivity index (χ3n) is 3.05. The maximum Gasteiger partial charge on any atom is 0.226 e. The molecule has 2 rings (SSSR count). The van der Waals surface area contributed by atoms with Crippen LogP contribution in [0, 0.1) is 0 Å². The number of carbonyl (C=O) groups is 1. The van der Waals surface area contributed by atoms with E-state index >= 15 is 0 Å². The number of likely N-dealkylation sites (N-methyl/N-ethyl adjacent to an activating group) is 1. The molecule has 0 bridgehead atoms. The van der Waals surface area contributed by atoms with Crippen LogP contribution in [0.2, 0.25) is 0 Å². The minimum absolute atomic E-state index is 0.104. The van der Waals surface area contributed by atoms with Crippen molar-refractivity contribution in [2.75, 3.05) is 25.7 Å². The first-order valence-electron chi connectivity index (χ1n) is 6.65. The minimum atomic E-state index is 0.104. The van der Waals surface area contributed by atoms with E-state index in [1.807, 2.05) is 42.7 Å². The molecule has 21 heavy (non-hydrogen) atoms. The molecule has 0 radical (unpaired) electrons. The Hall–Kier alpha value is -2.01. The van der Waals surface area contributed by atoms with E-state index in [2.05, 4.69) is 10.3 Å². The van der Waals surface area contributed by atoms with Gasteiger partial charge in [0.25, 0.3) is 0 Å². The van der Waals surface area contributed by atoms with Gasteiger partial charge in [0, 0.05) is 26.0 Å². The number of thioether (sulfide) groups is 1. The highest BCUT2D eigenvalue weighted by Gasteiger charge is 2.06. The van der Waals surface area contributed by atoms with Gasteiger partial charge >= 0.3 is 0 Å². The Morgan fingerprint density at radius 1 is 1.24 bits per heavy atom. The van der Waals surface area contributed by atoms with Crippen LogP contribution in [0.3, 0.4) is 0 Å². The van der Waals surface area contributed by atoms with Crippen LogP contribution in [0.4, 0.5) is 11.4 Å². The lowest BCUT2D eigenvalue weighted by atomic mass is 10.1. The summed E-state index contributed by atoms with van der Waals surface area (Å²) < 4.78 is 0. The number of anilines is 2. The number of rotatable bonds is 5. The summed E-state index contributed by atoms with van der Waals surface area (Å²) in [5.41, 5.74) is 2.98. The molecule has 1 aromatic carbocycles. The molecule has 1 N–H and O–H groups in total. The van der Waals surface area contributed by atoms with Gasteiger partial charge in [0.2, 0.25) is 5.91 Å². The van der Waals surface area contributed by atoms with Crippen LogP contribution in [-0.2, 0) is 11.2 Å². The quantitative estimate of drug-likeness (QED) is 0.862. The Labute approximate surface area is 129 Å². The van der Waals surface area contributed by atoms with E-state index in [0.717, 1.165) is 22.0 Å². The molecule has 0 saturated carbocycles. The first-order chi connectivity index (χ1) is 10.1. The largest absolute Gasteiger partial charge is 0.353 e. The van der Waals surface area contributed by atoms with Gasteiger partial charge in [-0.3, -0.25) is 4.79 Å². The summed E-state index contributed by atoms with van der Waals surface area (Å²) in [6.07, 6.45) is 4.21. The molecule has 0 aliphatic heterocycles. The van der Waals surface area contributed by atoms with E-state index in [-0.39, 0.29) is 5.91 Å². The Morgan fingerprint density at radius 3 is 2.57 bits per heavy atom. The molecule has 0 atom stereocenters. The predicted octanol–water partition coefficient (Wildman–Crippen LogP) is 3.18. The fourth-order valence-electron chi connectivity index (χ4n) is 1.84. The molecule has 0 fully saturated rings. The number of carbonyl (C=O) groups excluding carboxylic acids is 1. The number of benzene rings is 1. The third-order valence-corrected chi connectivity index (χ3v) is 3.76. The minimum Gasteiger partial charge on any atom is -0.353 e. The van der Waals surface area contributed by atoms with Crippen molar-refractivity contribution >= 4 is 29.0 Å². The maximum atomic E-state index is 11.7. The van der Waals surface area contributed by atoms with Gasteiger partial charge in [0.1, 0.15) is 5.03 Å². The molecule has 4 nitrogen and oxygen atoms in total. The summed E-state index contributed by atoms with van der Waals surface area (Å²) in [5, 5.41) is 4.31. The molecule has 0 aliphatic rings. The monoisotopic (exact) mass is 301 g/mol. The number of pyridine rings is 1. The number of nitrogens with zero attached hydrogens (tertiary/aromatic N) is 2. The molecular weight excluding hydrogens is 282 g/mol. The van der Waals surface area contributed by atoms with E-state index in [0.29, 0.717) is 6.42 Å². The number of hydrogen-bond donors (Lipinski definition) is 1. The van der Waals surface area contributed by atoms with E-state index in [4.69, 9.17) is 0 Å². The zero-order chi connectivity index (χ0) is 15.2. The molecule has 1 aromatic heterocycles. The summed E-state index contributed by atoms with van der Waals surface area (Å²) in [6.45, 7) is 0. The van der Waals surface area contributed by atoms with Gasteiger partial charge in [0.15, 0.2) is 0 Å². The zero-order valence-electron chi connectivity index (χ0n) is 12.5. The van der Waals surface area contributed by atoms with Gasteiger partial charge in [0.05, 0.1) is 12.1 Å². The van der Waals surface area contributed by atoms with Crippen LogP contribution in [-0.4, -0.2) is 36.1 Å². The fourth-order valence-corrected chi connectivity index (χ4v) is 2.35. The van der Waals surface area contributed by atoms with E-state index in [9.17, 15) is 4.79 Å². The van der Waals surface area contributed by atoms with Crippen LogP contribution in [0.15, 0.2) is 47.6 Å². The van der Waals surface area contributed by atoms with E-state index in [1.165, 1.54) is 0 Å². The molecule has 1 amide bonds. The van der Waals surface area contributed by atoms with Crippen molar-refractivity contribution < 1.29 is 4.79 Å². The lowest BCUT2D eigenvalue weighted by molar-refractivity contribution is -0.127.